The minimum Gasteiger partial charge on any atom is -0.326 e. The summed E-state index contributed by atoms with van der Waals surface area (Å²) in [5, 5.41) is 3.28. The lowest BCUT2D eigenvalue weighted by Gasteiger charge is -2.04. The molecule has 0 unspecified atom stereocenters. The average Bonchev–Trinajstić information content (AvgIpc) is 2.39. The Morgan fingerprint density at radius 1 is 1.20 bits per heavy atom. The van der Waals surface area contributed by atoms with Crippen molar-refractivity contribution in [2.45, 2.75) is 26.0 Å². The molecule has 0 saturated carbocycles. The summed E-state index contributed by atoms with van der Waals surface area (Å²) >= 11 is 3.97. The van der Waals surface area contributed by atoms with E-state index in [0.29, 0.717) is 5.25 Å². The van der Waals surface area contributed by atoms with Gasteiger partial charge in [-0.1, -0.05) is 32.0 Å². The zero-order valence-electron chi connectivity index (χ0n) is 12.0. The largest absolute Gasteiger partial charge is 0.326 e. The molecule has 0 radical (unpaired) electrons. The van der Waals surface area contributed by atoms with Gasteiger partial charge < -0.3 is 5.32 Å². The molecule has 20 heavy (non-hydrogen) atoms. The Kier molecular flexibility index (Phi) is 6.81. The molecule has 1 N–H and O–H groups in total. The first kappa shape index (κ1) is 16.2. The summed E-state index contributed by atoms with van der Waals surface area (Å²) in [5.41, 5.74) is 2.68. The SMILES string of the molecule is CC(=O)Nc1cccc(-c2ccccn2)c1.CC(C)S. The van der Waals surface area contributed by atoms with Crippen LogP contribution in [0.3, 0.4) is 0 Å². The summed E-state index contributed by atoms with van der Waals surface area (Å²) in [7, 11) is 0. The van der Waals surface area contributed by atoms with Gasteiger partial charge in [0.2, 0.25) is 5.91 Å². The summed E-state index contributed by atoms with van der Waals surface area (Å²) in [6.45, 7) is 5.56. The van der Waals surface area contributed by atoms with E-state index in [1.807, 2.05) is 56.3 Å². The predicted molar refractivity (Wildman–Crippen MR) is 88.1 cm³/mol. The molecule has 1 aromatic heterocycles. The van der Waals surface area contributed by atoms with Gasteiger partial charge in [-0.3, -0.25) is 9.78 Å². The van der Waals surface area contributed by atoms with Crippen LogP contribution in [0.15, 0.2) is 48.7 Å². The van der Waals surface area contributed by atoms with Crippen LogP contribution in [-0.2, 0) is 4.79 Å². The molecule has 2 aromatic rings. The van der Waals surface area contributed by atoms with E-state index in [2.05, 4.69) is 22.9 Å². The highest BCUT2D eigenvalue weighted by molar-refractivity contribution is 7.80. The smallest absolute Gasteiger partial charge is 0.221 e. The Morgan fingerprint density at radius 2 is 1.90 bits per heavy atom. The van der Waals surface area contributed by atoms with Gasteiger partial charge >= 0.3 is 0 Å². The lowest BCUT2D eigenvalue weighted by Crippen LogP contribution is -2.05. The zero-order valence-corrected chi connectivity index (χ0v) is 12.9. The molecule has 0 fully saturated rings. The predicted octanol–water partition coefficient (Wildman–Crippen LogP) is 4.03. The number of nitrogens with zero attached hydrogens (tertiary/aromatic N) is 1. The van der Waals surface area contributed by atoms with Crippen LogP contribution in [0.2, 0.25) is 0 Å². The number of rotatable bonds is 2. The van der Waals surface area contributed by atoms with Crippen molar-refractivity contribution in [3.63, 3.8) is 0 Å². The van der Waals surface area contributed by atoms with Crippen molar-refractivity contribution in [2.75, 3.05) is 5.32 Å². The molecule has 0 atom stereocenters. The van der Waals surface area contributed by atoms with Crippen molar-refractivity contribution in [3.8, 4) is 11.3 Å². The van der Waals surface area contributed by atoms with Gasteiger partial charge in [0.15, 0.2) is 0 Å². The standard InChI is InChI=1S/C13H12N2O.C3H8S/c1-10(16)15-12-6-4-5-11(9-12)13-7-2-3-8-14-13;1-3(2)4/h2-9H,1H3,(H,15,16);3-4H,1-2H3. The minimum absolute atomic E-state index is 0.0711. The minimum atomic E-state index is -0.0711. The van der Waals surface area contributed by atoms with E-state index in [4.69, 9.17) is 0 Å². The summed E-state index contributed by atoms with van der Waals surface area (Å²) in [6.07, 6.45) is 1.75. The van der Waals surface area contributed by atoms with Crippen LogP contribution in [-0.4, -0.2) is 16.1 Å². The van der Waals surface area contributed by atoms with Crippen molar-refractivity contribution in [1.82, 2.24) is 4.98 Å². The lowest BCUT2D eigenvalue weighted by atomic mass is 10.1. The molecule has 1 heterocycles. The maximum Gasteiger partial charge on any atom is 0.221 e. The van der Waals surface area contributed by atoms with Gasteiger partial charge in [-0.15, -0.1) is 0 Å². The third kappa shape index (κ3) is 6.38. The number of thiol groups is 1. The van der Waals surface area contributed by atoms with Gasteiger partial charge in [0.1, 0.15) is 0 Å². The molecule has 0 saturated heterocycles. The highest BCUT2D eigenvalue weighted by Crippen LogP contribution is 2.20. The normalized spacial score (nSPS) is 9.65. The quantitative estimate of drug-likeness (QED) is 0.819. The lowest BCUT2D eigenvalue weighted by molar-refractivity contribution is -0.114. The van der Waals surface area contributed by atoms with Gasteiger partial charge in [-0.05, 0) is 29.5 Å². The molecule has 1 amide bonds. The molecule has 0 aliphatic carbocycles. The maximum atomic E-state index is 10.9. The van der Waals surface area contributed by atoms with E-state index in [1.54, 1.807) is 6.20 Å². The topological polar surface area (TPSA) is 42.0 Å². The molecule has 106 valence electrons. The van der Waals surface area contributed by atoms with Crippen molar-refractivity contribution in [2.24, 2.45) is 0 Å². The highest BCUT2D eigenvalue weighted by Gasteiger charge is 2.00. The van der Waals surface area contributed by atoms with Gasteiger partial charge in [0.25, 0.3) is 0 Å². The number of carbonyl (C=O) groups is 1. The van der Waals surface area contributed by atoms with Gasteiger partial charge in [-0.25, -0.2) is 0 Å². The first-order chi connectivity index (χ1) is 9.49. The summed E-state index contributed by atoms with van der Waals surface area (Å²) < 4.78 is 0. The van der Waals surface area contributed by atoms with Crippen LogP contribution in [0.1, 0.15) is 20.8 Å². The fourth-order valence-electron chi connectivity index (χ4n) is 1.49. The Bertz CT molecular complexity index is 538. The molecule has 1 aromatic carbocycles. The van der Waals surface area contributed by atoms with E-state index in [-0.39, 0.29) is 5.91 Å². The van der Waals surface area contributed by atoms with Crippen molar-refractivity contribution in [1.29, 1.82) is 0 Å². The molecule has 2 rings (SSSR count). The maximum absolute atomic E-state index is 10.9. The number of carbonyl (C=O) groups excluding carboxylic acids is 1. The van der Waals surface area contributed by atoms with Crippen LogP contribution in [0, 0.1) is 0 Å². The summed E-state index contributed by atoms with van der Waals surface area (Å²) in [4.78, 5) is 15.2. The van der Waals surface area contributed by atoms with Crippen molar-refractivity contribution < 1.29 is 4.79 Å². The molecule has 0 aliphatic heterocycles. The Hall–Kier alpha value is -1.81. The fourth-order valence-corrected chi connectivity index (χ4v) is 1.49. The van der Waals surface area contributed by atoms with E-state index in [1.165, 1.54) is 6.92 Å². The second-order valence-corrected chi connectivity index (χ2v) is 5.60. The number of pyridine rings is 1. The number of hydrogen-bond donors (Lipinski definition) is 2. The second kappa shape index (κ2) is 8.38. The van der Waals surface area contributed by atoms with E-state index >= 15 is 0 Å². The first-order valence-corrected chi connectivity index (χ1v) is 6.98. The molecular formula is C16H20N2OS. The number of amides is 1. The monoisotopic (exact) mass is 288 g/mol. The average molecular weight is 288 g/mol. The summed E-state index contributed by atoms with van der Waals surface area (Å²) in [6, 6.07) is 13.4. The van der Waals surface area contributed by atoms with Crippen LogP contribution in [0.25, 0.3) is 11.3 Å². The number of anilines is 1. The molecule has 3 nitrogen and oxygen atoms in total. The Balaban J connectivity index is 0.000000444. The molecule has 0 spiro atoms. The van der Waals surface area contributed by atoms with Gasteiger partial charge in [0, 0.05) is 24.4 Å². The molecule has 4 heteroatoms. The fraction of sp³-hybridized carbons (Fsp3) is 0.250. The Morgan fingerprint density at radius 3 is 2.45 bits per heavy atom. The van der Waals surface area contributed by atoms with E-state index in [9.17, 15) is 4.79 Å². The third-order valence-corrected chi connectivity index (χ3v) is 2.14. The van der Waals surface area contributed by atoms with E-state index < -0.39 is 0 Å². The number of nitrogens with one attached hydrogen (secondary N) is 1. The molecule has 0 bridgehead atoms. The van der Waals surface area contributed by atoms with Crippen molar-refractivity contribution in [3.05, 3.63) is 48.7 Å². The first-order valence-electron chi connectivity index (χ1n) is 6.46. The number of aromatic nitrogens is 1. The highest BCUT2D eigenvalue weighted by atomic mass is 32.1. The van der Waals surface area contributed by atoms with Gasteiger partial charge in [0.05, 0.1) is 5.69 Å². The number of benzene rings is 1. The van der Waals surface area contributed by atoms with Crippen LogP contribution in [0.5, 0.6) is 0 Å². The molecular weight excluding hydrogens is 268 g/mol. The number of hydrogen-bond acceptors (Lipinski definition) is 3. The molecule has 0 aliphatic rings. The van der Waals surface area contributed by atoms with E-state index in [0.717, 1.165) is 16.9 Å². The van der Waals surface area contributed by atoms with Crippen LogP contribution in [0.4, 0.5) is 5.69 Å². The van der Waals surface area contributed by atoms with Crippen LogP contribution < -0.4 is 5.32 Å². The van der Waals surface area contributed by atoms with Crippen molar-refractivity contribution >= 4 is 24.2 Å². The summed E-state index contributed by atoms with van der Waals surface area (Å²) in [5.74, 6) is -0.0711. The zero-order chi connectivity index (χ0) is 15.0. The third-order valence-electron chi connectivity index (χ3n) is 2.14. The Labute approximate surface area is 125 Å². The van der Waals surface area contributed by atoms with Gasteiger partial charge in [-0.2, -0.15) is 12.6 Å². The second-order valence-electron chi connectivity index (χ2n) is 4.57. The van der Waals surface area contributed by atoms with Crippen LogP contribution >= 0.6 is 12.6 Å².